The lowest BCUT2D eigenvalue weighted by Gasteiger charge is -2.24. The van der Waals surface area contributed by atoms with Gasteiger partial charge in [0.15, 0.2) is 5.43 Å². The van der Waals surface area contributed by atoms with Gasteiger partial charge in [-0.3, -0.25) is 9.59 Å². The largest absolute Gasteiger partial charge is 0.494 e. The second kappa shape index (κ2) is 8.34. The topological polar surface area (TPSA) is 59.8 Å². The van der Waals surface area contributed by atoms with Gasteiger partial charge in [-0.1, -0.05) is 44.0 Å². The molecule has 2 heterocycles. The van der Waals surface area contributed by atoms with E-state index in [1.165, 1.54) is 0 Å². The highest BCUT2D eigenvalue weighted by molar-refractivity contribution is 5.99. The molecule has 4 rings (SSSR count). The van der Waals surface area contributed by atoms with E-state index in [1.54, 1.807) is 11.0 Å². The summed E-state index contributed by atoms with van der Waals surface area (Å²) in [5.41, 5.74) is 2.63. The van der Waals surface area contributed by atoms with Crippen molar-refractivity contribution in [2.24, 2.45) is 0 Å². The van der Waals surface area contributed by atoms with E-state index in [1.807, 2.05) is 50.2 Å². The molecule has 1 aliphatic heterocycles. The number of ether oxygens (including phenoxy) is 1. The van der Waals surface area contributed by atoms with Gasteiger partial charge in [0.2, 0.25) is 5.76 Å². The van der Waals surface area contributed by atoms with Crippen molar-refractivity contribution in [2.45, 2.75) is 46.1 Å². The predicted molar refractivity (Wildman–Crippen MR) is 117 cm³/mol. The fraction of sp³-hybridized carbons (Fsp3) is 0.360. The molecule has 5 heteroatoms. The minimum Gasteiger partial charge on any atom is -0.494 e. The van der Waals surface area contributed by atoms with Crippen molar-refractivity contribution in [3.63, 3.8) is 0 Å². The highest BCUT2D eigenvalue weighted by atomic mass is 16.5. The quantitative estimate of drug-likeness (QED) is 0.505. The van der Waals surface area contributed by atoms with E-state index >= 15 is 0 Å². The summed E-state index contributed by atoms with van der Waals surface area (Å²) in [6.07, 6.45) is 2.87. The van der Waals surface area contributed by atoms with Crippen LogP contribution in [-0.2, 0) is 0 Å². The number of amides is 1. The third kappa shape index (κ3) is 3.49. The molecular formula is C25H27NO4. The summed E-state index contributed by atoms with van der Waals surface area (Å²) >= 11 is 0. The lowest BCUT2D eigenvalue weighted by atomic mass is 9.98. The van der Waals surface area contributed by atoms with Crippen molar-refractivity contribution in [2.75, 3.05) is 13.2 Å². The number of rotatable bonds is 7. The van der Waals surface area contributed by atoms with E-state index in [-0.39, 0.29) is 17.1 Å². The summed E-state index contributed by atoms with van der Waals surface area (Å²) in [5, 5.41) is 0.518. The number of unbranched alkanes of at least 4 members (excludes halogenated alkanes) is 1. The average Bonchev–Trinajstić information content (AvgIpc) is 3.02. The maximum Gasteiger partial charge on any atom is 0.290 e. The van der Waals surface area contributed by atoms with E-state index < -0.39 is 6.04 Å². The molecule has 0 saturated carbocycles. The molecule has 1 unspecified atom stereocenters. The number of nitrogens with zero attached hydrogens (tertiary/aromatic N) is 1. The van der Waals surface area contributed by atoms with Crippen LogP contribution in [0.5, 0.6) is 5.75 Å². The van der Waals surface area contributed by atoms with Gasteiger partial charge < -0.3 is 14.1 Å². The third-order valence-electron chi connectivity index (χ3n) is 5.55. The summed E-state index contributed by atoms with van der Waals surface area (Å²) in [4.78, 5) is 28.3. The van der Waals surface area contributed by atoms with Crippen LogP contribution >= 0.6 is 0 Å². The first kappa shape index (κ1) is 20.2. The van der Waals surface area contributed by atoms with Crippen LogP contribution in [0.4, 0.5) is 0 Å². The zero-order valence-electron chi connectivity index (χ0n) is 17.7. The highest BCUT2D eigenvalue weighted by Gasteiger charge is 2.42. The van der Waals surface area contributed by atoms with Gasteiger partial charge in [0, 0.05) is 6.54 Å². The molecule has 1 aliphatic rings. The maximum absolute atomic E-state index is 13.4. The third-order valence-corrected chi connectivity index (χ3v) is 5.55. The minimum atomic E-state index is -0.446. The van der Waals surface area contributed by atoms with Gasteiger partial charge in [0.1, 0.15) is 11.3 Å². The van der Waals surface area contributed by atoms with Crippen molar-refractivity contribution in [1.82, 2.24) is 4.90 Å². The van der Waals surface area contributed by atoms with E-state index in [0.29, 0.717) is 29.7 Å². The van der Waals surface area contributed by atoms with E-state index in [9.17, 15) is 9.59 Å². The van der Waals surface area contributed by atoms with Crippen LogP contribution in [0.1, 0.15) is 66.4 Å². The molecule has 0 saturated heterocycles. The summed E-state index contributed by atoms with van der Waals surface area (Å²) in [6, 6.07) is 12.7. The Bertz CT molecular complexity index is 1130. The molecule has 3 aromatic rings. The maximum atomic E-state index is 13.4. The first-order chi connectivity index (χ1) is 14.5. The zero-order chi connectivity index (χ0) is 21.3. The molecule has 156 valence electrons. The SMILES string of the molecule is CCCCOc1ccc(C2c3c(oc4ccc(C)cc4c3=O)C(=O)N2CCC)cc1. The van der Waals surface area contributed by atoms with Crippen LogP contribution in [0, 0.1) is 6.92 Å². The first-order valence-electron chi connectivity index (χ1n) is 10.7. The fourth-order valence-corrected chi connectivity index (χ4v) is 4.03. The summed E-state index contributed by atoms with van der Waals surface area (Å²) in [5.74, 6) is 0.734. The van der Waals surface area contributed by atoms with Crippen LogP contribution in [0.15, 0.2) is 51.7 Å². The Morgan fingerprint density at radius 2 is 1.80 bits per heavy atom. The molecule has 0 N–H and O–H groups in total. The van der Waals surface area contributed by atoms with Gasteiger partial charge in [0.05, 0.1) is 23.6 Å². The van der Waals surface area contributed by atoms with Crippen LogP contribution in [0.25, 0.3) is 11.0 Å². The van der Waals surface area contributed by atoms with Gasteiger partial charge in [-0.25, -0.2) is 0 Å². The Morgan fingerprint density at radius 3 is 2.50 bits per heavy atom. The summed E-state index contributed by atoms with van der Waals surface area (Å²) in [6.45, 7) is 7.32. The van der Waals surface area contributed by atoms with Gasteiger partial charge in [-0.05, 0) is 49.6 Å². The Labute approximate surface area is 176 Å². The molecule has 1 amide bonds. The molecule has 1 aromatic heterocycles. The van der Waals surface area contributed by atoms with Crippen LogP contribution in [-0.4, -0.2) is 24.0 Å². The molecule has 0 bridgehead atoms. The second-order valence-electron chi connectivity index (χ2n) is 7.85. The van der Waals surface area contributed by atoms with Gasteiger partial charge >= 0.3 is 0 Å². The number of carbonyl (C=O) groups excluding carboxylic acids is 1. The highest BCUT2D eigenvalue weighted by Crippen LogP contribution is 2.38. The Balaban J connectivity index is 1.81. The molecule has 0 aliphatic carbocycles. The minimum absolute atomic E-state index is 0.129. The van der Waals surface area contributed by atoms with Crippen molar-refractivity contribution < 1.29 is 13.9 Å². The standard InChI is InChI=1S/C25H27NO4/c1-4-6-14-29-18-10-8-17(9-11-18)22-21-23(27)19-15-16(3)7-12-20(19)30-24(21)25(28)26(22)13-5-2/h7-12,15,22H,4-6,13-14H2,1-3H3. The predicted octanol–water partition coefficient (Wildman–Crippen LogP) is 5.24. The number of hydrogen-bond acceptors (Lipinski definition) is 4. The van der Waals surface area contributed by atoms with E-state index in [0.717, 1.165) is 36.1 Å². The number of aryl methyl sites for hydroxylation is 1. The van der Waals surface area contributed by atoms with Crippen molar-refractivity contribution in [1.29, 1.82) is 0 Å². The van der Waals surface area contributed by atoms with Crippen molar-refractivity contribution in [3.05, 3.63) is 75.1 Å². The van der Waals surface area contributed by atoms with E-state index in [2.05, 4.69) is 6.92 Å². The fourth-order valence-electron chi connectivity index (χ4n) is 4.03. The van der Waals surface area contributed by atoms with Crippen LogP contribution in [0.3, 0.4) is 0 Å². The average molecular weight is 405 g/mol. The molecule has 2 aromatic carbocycles. The summed E-state index contributed by atoms with van der Waals surface area (Å²) in [7, 11) is 0. The number of fused-ring (bicyclic) bond motifs is 2. The Morgan fingerprint density at radius 1 is 1.03 bits per heavy atom. The van der Waals surface area contributed by atoms with Gasteiger partial charge in [-0.2, -0.15) is 0 Å². The Kier molecular flexibility index (Phi) is 5.62. The number of benzene rings is 2. The lowest BCUT2D eigenvalue weighted by Crippen LogP contribution is -2.30. The van der Waals surface area contributed by atoms with Crippen molar-refractivity contribution in [3.8, 4) is 5.75 Å². The second-order valence-corrected chi connectivity index (χ2v) is 7.85. The smallest absolute Gasteiger partial charge is 0.290 e. The molecule has 0 spiro atoms. The lowest BCUT2D eigenvalue weighted by molar-refractivity contribution is 0.0728. The monoisotopic (exact) mass is 405 g/mol. The molecular weight excluding hydrogens is 378 g/mol. The number of carbonyl (C=O) groups is 1. The van der Waals surface area contributed by atoms with Crippen molar-refractivity contribution >= 4 is 16.9 Å². The van der Waals surface area contributed by atoms with Gasteiger partial charge in [0.25, 0.3) is 5.91 Å². The number of hydrogen-bond donors (Lipinski definition) is 0. The molecule has 5 nitrogen and oxygen atoms in total. The van der Waals surface area contributed by atoms with Crippen LogP contribution in [0.2, 0.25) is 0 Å². The molecule has 0 radical (unpaired) electrons. The first-order valence-corrected chi connectivity index (χ1v) is 10.7. The molecule has 0 fully saturated rings. The molecule has 1 atom stereocenters. The summed E-state index contributed by atoms with van der Waals surface area (Å²) < 4.78 is 11.7. The molecule has 30 heavy (non-hydrogen) atoms. The van der Waals surface area contributed by atoms with E-state index in [4.69, 9.17) is 9.15 Å². The van der Waals surface area contributed by atoms with Gasteiger partial charge in [-0.15, -0.1) is 0 Å². The zero-order valence-corrected chi connectivity index (χ0v) is 17.7. The van der Waals surface area contributed by atoms with Crippen LogP contribution < -0.4 is 10.2 Å². The normalized spacial score (nSPS) is 15.6. The Hall–Kier alpha value is -3.08.